The standard InChI is InChI=1S/C11H13ClN2O2.C11H16N2.HI/c1-13-11(16)10(14-9(15)7-12)8-5-3-2-4-6-8;1-13-8-7-12-11(9-13)10-5-3-2-4-6-10;/h2-6,10H,7H2,1H3,(H,13,16)(H,14,15);2-6,11-12H,7-9H2,1H3;1H. The average Bonchev–Trinajstić information content (AvgIpc) is 2.78. The van der Waals surface area contributed by atoms with E-state index in [-0.39, 0.29) is 41.7 Å². The maximum atomic E-state index is 11.6. The summed E-state index contributed by atoms with van der Waals surface area (Å²) in [5, 5.41) is 8.57. The second-order valence-electron chi connectivity index (χ2n) is 6.84. The van der Waals surface area contributed by atoms with Gasteiger partial charge in [0, 0.05) is 32.7 Å². The molecule has 0 aliphatic carbocycles. The Hall–Kier alpha value is -1.68. The van der Waals surface area contributed by atoms with Crippen molar-refractivity contribution in [1.29, 1.82) is 0 Å². The molecule has 2 aromatic carbocycles. The van der Waals surface area contributed by atoms with E-state index >= 15 is 0 Å². The van der Waals surface area contributed by atoms with E-state index in [0.717, 1.165) is 25.2 Å². The van der Waals surface area contributed by atoms with Crippen LogP contribution >= 0.6 is 35.6 Å². The van der Waals surface area contributed by atoms with Crippen LogP contribution in [0.4, 0.5) is 0 Å². The molecule has 2 amide bonds. The molecule has 1 saturated heterocycles. The first kappa shape index (κ1) is 26.4. The molecule has 2 unspecified atom stereocenters. The van der Waals surface area contributed by atoms with Crippen molar-refractivity contribution < 1.29 is 9.59 Å². The molecule has 3 N–H and O–H groups in total. The lowest BCUT2D eigenvalue weighted by Gasteiger charge is -2.31. The van der Waals surface area contributed by atoms with E-state index < -0.39 is 6.04 Å². The minimum atomic E-state index is -0.697. The normalized spacial score (nSPS) is 16.8. The first-order chi connectivity index (χ1) is 14.0. The molecular weight excluding hydrogens is 515 g/mol. The van der Waals surface area contributed by atoms with Gasteiger partial charge in [-0.3, -0.25) is 9.59 Å². The number of nitrogens with one attached hydrogen (secondary N) is 3. The minimum Gasteiger partial charge on any atom is -0.357 e. The Balaban J connectivity index is 0.000000295. The molecule has 0 radical (unpaired) electrons. The Kier molecular flexibility index (Phi) is 12.6. The summed E-state index contributed by atoms with van der Waals surface area (Å²) in [7, 11) is 3.70. The van der Waals surface area contributed by atoms with E-state index in [1.54, 1.807) is 24.3 Å². The maximum Gasteiger partial charge on any atom is 0.246 e. The van der Waals surface area contributed by atoms with Gasteiger partial charge >= 0.3 is 0 Å². The molecule has 3 rings (SSSR count). The molecule has 1 aliphatic rings. The molecule has 1 aliphatic heterocycles. The highest BCUT2D eigenvalue weighted by Gasteiger charge is 2.20. The SMILES string of the molecule is CN1CCNC(c2ccccc2)C1.CNC(=O)C(NC(=O)CCl)c1ccccc1.I. The van der Waals surface area contributed by atoms with Gasteiger partial charge in [-0.15, -0.1) is 35.6 Å². The monoisotopic (exact) mass is 544 g/mol. The highest BCUT2D eigenvalue weighted by Crippen LogP contribution is 2.15. The van der Waals surface area contributed by atoms with Gasteiger partial charge in [-0.1, -0.05) is 60.7 Å². The van der Waals surface area contributed by atoms with Crippen molar-refractivity contribution in [2.45, 2.75) is 12.1 Å². The molecule has 0 bridgehead atoms. The van der Waals surface area contributed by atoms with E-state index in [9.17, 15) is 9.59 Å². The lowest BCUT2D eigenvalue weighted by Crippen LogP contribution is -2.43. The number of rotatable bonds is 5. The van der Waals surface area contributed by atoms with Gasteiger partial charge in [-0.05, 0) is 18.2 Å². The molecule has 164 valence electrons. The summed E-state index contributed by atoms with van der Waals surface area (Å²) < 4.78 is 0. The van der Waals surface area contributed by atoms with Crippen LogP contribution in [-0.4, -0.2) is 56.3 Å². The van der Waals surface area contributed by atoms with Gasteiger partial charge in [0.05, 0.1) is 0 Å². The van der Waals surface area contributed by atoms with Crippen LogP contribution in [0.25, 0.3) is 0 Å². The number of carbonyl (C=O) groups is 2. The van der Waals surface area contributed by atoms with Gasteiger partial charge in [-0.25, -0.2) is 0 Å². The second kappa shape index (κ2) is 14.3. The van der Waals surface area contributed by atoms with Crippen molar-refractivity contribution in [1.82, 2.24) is 20.9 Å². The summed E-state index contributed by atoms with van der Waals surface area (Å²) in [6.07, 6.45) is 0. The molecule has 2 atom stereocenters. The average molecular weight is 545 g/mol. The number of benzene rings is 2. The maximum absolute atomic E-state index is 11.6. The Morgan fingerprint density at radius 3 is 2.27 bits per heavy atom. The van der Waals surface area contributed by atoms with Gasteiger partial charge in [-0.2, -0.15) is 0 Å². The Bertz CT molecular complexity index is 764. The Morgan fingerprint density at radius 2 is 1.73 bits per heavy atom. The van der Waals surface area contributed by atoms with Crippen molar-refractivity contribution in [2.24, 2.45) is 0 Å². The summed E-state index contributed by atoms with van der Waals surface area (Å²) in [6.45, 7) is 3.36. The summed E-state index contributed by atoms with van der Waals surface area (Å²) in [5.41, 5.74) is 2.12. The second-order valence-corrected chi connectivity index (χ2v) is 7.11. The summed E-state index contributed by atoms with van der Waals surface area (Å²) in [4.78, 5) is 25.2. The molecule has 0 aromatic heterocycles. The fourth-order valence-electron chi connectivity index (χ4n) is 3.10. The molecule has 30 heavy (non-hydrogen) atoms. The van der Waals surface area contributed by atoms with Crippen LogP contribution in [0, 0.1) is 0 Å². The zero-order chi connectivity index (χ0) is 21.1. The Morgan fingerprint density at radius 1 is 1.13 bits per heavy atom. The van der Waals surface area contributed by atoms with Crippen LogP contribution in [0.3, 0.4) is 0 Å². The molecule has 0 spiro atoms. The van der Waals surface area contributed by atoms with Gasteiger partial charge in [0.25, 0.3) is 0 Å². The summed E-state index contributed by atoms with van der Waals surface area (Å²) in [5.74, 6) is -0.816. The fraction of sp³-hybridized carbons (Fsp3) is 0.364. The van der Waals surface area contributed by atoms with E-state index in [1.807, 2.05) is 6.07 Å². The smallest absolute Gasteiger partial charge is 0.246 e. The highest BCUT2D eigenvalue weighted by molar-refractivity contribution is 14.0. The Labute approximate surface area is 200 Å². The quantitative estimate of drug-likeness (QED) is 0.400. The third kappa shape index (κ3) is 8.59. The molecular formula is C22H30ClIN4O2. The first-order valence-electron chi connectivity index (χ1n) is 9.64. The zero-order valence-corrected chi connectivity index (χ0v) is 20.4. The van der Waals surface area contributed by atoms with Crippen LogP contribution in [-0.2, 0) is 9.59 Å². The summed E-state index contributed by atoms with van der Waals surface area (Å²) in [6, 6.07) is 19.5. The number of hydrogen-bond donors (Lipinski definition) is 3. The molecule has 8 heteroatoms. The van der Waals surface area contributed by atoms with Crippen LogP contribution in [0.5, 0.6) is 0 Å². The van der Waals surface area contributed by atoms with Crippen LogP contribution in [0.2, 0.25) is 0 Å². The lowest BCUT2D eigenvalue weighted by molar-refractivity contribution is -0.127. The highest BCUT2D eigenvalue weighted by atomic mass is 127. The van der Waals surface area contributed by atoms with E-state index in [1.165, 1.54) is 12.6 Å². The van der Waals surface area contributed by atoms with E-state index in [0.29, 0.717) is 6.04 Å². The number of carbonyl (C=O) groups excluding carboxylic acids is 2. The molecule has 6 nitrogen and oxygen atoms in total. The van der Waals surface area contributed by atoms with Crippen molar-refractivity contribution in [3.8, 4) is 0 Å². The number of amides is 2. The zero-order valence-electron chi connectivity index (χ0n) is 17.3. The molecule has 1 heterocycles. The number of alkyl halides is 1. The predicted molar refractivity (Wildman–Crippen MR) is 132 cm³/mol. The summed E-state index contributed by atoms with van der Waals surface area (Å²) >= 11 is 5.39. The van der Waals surface area contributed by atoms with Gasteiger partial charge in [0.2, 0.25) is 11.8 Å². The number of piperazine rings is 1. The number of hydrogen-bond acceptors (Lipinski definition) is 4. The van der Waals surface area contributed by atoms with Crippen LogP contribution < -0.4 is 16.0 Å². The van der Waals surface area contributed by atoms with Crippen molar-refractivity contribution >= 4 is 47.4 Å². The van der Waals surface area contributed by atoms with Crippen LogP contribution in [0.1, 0.15) is 23.2 Å². The number of nitrogens with zero attached hydrogens (tertiary/aromatic N) is 1. The minimum absolute atomic E-state index is 0. The van der Waals surface area contributed by atoms with Crippen molar-refractivity contribution in [2.75, 3.05) is 39.6 Å². The molecule has 0 saturated carbocycles. The molecule has 2 aromatic rings. The topological polar surface area (TPSA) is 73.5 Å². The van der Waals surface area contributed by atoms with E-state index in [4.69, 9.17) is 11.6 Å². The predicted octanol–water partition coefficient (Wildman–Crippen LogP) is 2.71. The number of likely N-dealkylation sites (N-methyl/N-ethyl adjacent to an activating group) is 2. The van der Waals surface area contributed by atoms with Crippen molar-refractivity contribution in [3.05, 3.63) is 71.8 Å². The third-order valence-electron chi connectivity index (χ3n) is 4.65. The van der Waals surface area contributed by atoms with Gasteiger partial charge in [0.15, 0.2) is 0 Å². The van der Waals surface area contributed by atoms with Gasteiger partial charge < -0.3 is 20.9 Å². The van der Waals surface area contributed by atoms with Crippen LogP contribution in [0.15, 0.2) is 60.7 Å². The lowest BCUT2D eigenvalue weighted by atomic mass is 10.1. The van der Waals surface area contributed by atoms with Crippen molar-refractivity contribution in [3.63, 3.8) is 0 Å². The number of halogens is 2. The molecule has 1 fully saturated rings. The van der Waals surface area contributed by atoms with E-state index in [2.05, 4.69) is 58.2 Å². The fourth-order valence-corrected chi connectivity index (χ4v) is 3.17. The third-order valence-corrected chi connectivity index (χ3v) is 4.89. The van der Waals surface area contributed by atoms with Gasteiger partial charge in [0.1, 0.15) is 11.9 Å². The first-order valence-corrected chi connectivity index (χ1v) is 10.2. The largest absolute Gasteiger partial charge is 0.357 e.